The van der Waals surface area contributed by atoms with E-state index in [0.717, 1.165) is 58.5 Å². The third-order valence-corrected chi connectivity index (χ3v) is 7.07. The molecular formula is C17H22N4O2S3. The van der Waals surface area contributed by atoms with Crippen molar-refractivity contribution < 1.29 is 9.53 Å². The summed E-state index contributed by atoms with van der Waals surface area (Å²) in [6, 6.07) is 7.96. The molecule has 1 fully saturated rings. The van der Waals surface area contributed by atoms with Gasteiger partial charge in [0.25, 0.3) is 0 Å². The molecule has 6 nitrogen and oxygen atoms in total. The first-order valence-corrected chi connectivity index (χ1v) is 11.3. The zero-order chi connectivity index (χ0) is 18.2. The van der Waals surface area contributed by atoms with Gasteiger partial charge in [0, 0.05) is 30.2 Å². The van der Waals surface area contributed by atoms with Gasteiger partial charge in [-0.1, -0.05) is 41.8 Å². The Kier molecular flexibility index (Phi) is 7.60. The fourth-order valence-electron chi connectivity index (χ4n) is 2.40. The lowest BCUT2D eigenvalue weighted by atomic mass is 10.2. The Bertz CT molecular complexity index is 702. The van der Waals surface area contributed by atoms with Gasteiger partial charge in [0.15, 0.2) is 8.68 Å². The molecule has 1 amide bonds. The van der Waals surface area contributed by atoms with Crippen molar-refractivity contribution in [3.05, 3.63) is 24.3 Å². The van der Waals surface area contributed by atoms with Crippen molar-refractivity contribution in [2.24, 2.45) is 0 Å². The van der Waals surface area contributed by atoms with E-state index in [1.54, 1.807) is 23.1 Å². The molecule has 9 heteroatoms. The van der Waals surface area contributed by atoms with Crippen molar-refractivity contribution in [3.8, 4) is 0 Å². The molecule has 1 N–H and O–H groups in total. The summed E-state index contributed by atoms with van der Waals surface area (Å²) in [5, 5.41) is 11.2. The minimum absolute atomic E-state index is 0.0351. The highest BCUT2D eigenvalue weighted by Crippen LogP contribution is 2.29. The number of rotatable bonds is 8. The zero-order valence-corrected chi connectivity index (χ0v) is 17.1. The van der Waals surface area contributed by atoms with Crippen LogP contribution in [0.1, 0.15) is 13.3 Å². The molecule has 0 unspecified atom stereocenters. The van der Waals surface area contributed by atoms with Gasteiger partial charge in [-0.25, -0.2) is 0 Å². The van der Waals surface area contributed by atoms with Gasteiger partial charge in [-0.05, 0) is 30.7 Å². The molecule has 2 aromatic rings. The second-order valence-electron chi connectivity index (χ2n) is 5.67. The third-order valence-electron chi connectivity index (χ3n) is 3.67. The average Bonchev–Trinajstić information content (AvgIpc) is 3.14. The predicted molar refractivity (Wildman–Crippen MR) is 110 cm³/mol. The van der Waals surface area contributed by atoms with Crippen LogP contribution in [0.3, 0.4) is 0 Å². The number of carbonyl (C=O) groups is 1. The molecular weight excluding hydrogens is 388 g/mol. The van der Waals surface area contributed by atoms with Crippen molar-refractivity contribution in [1.29, 1.82) is 0 Å². The van der Waals surface area contributed by atoms with E-state index in [-0.39, 0.29) is 5.91 Å². The second-order valence-corrected chi connectivity index (χ2v) is 9.21. The first kappa shape index (κ1) is 19.5. The lowest BCUT2D eigenvalue weighted by Gasteiger charge is -2.28. The predicted octanol–water partition coefficient (Wildman–Crippen LogP) is 3.61. The number of nitrogens with zero attached hydrogens (tertiary/aromatic N) is 3. The van der Waals surface area contributed by atoms with Gasteiger partial charge in [-0.15, -0.1) is 10.2 Å². The summed E-state index contributed by atoms with van der Waals surface area (Å²) in [5.41, 5.74) is 1.97. The molecule has 1 saturated heterocycles. The number of morpholine rings is 1. The monoisotopic (exact) mass is 410 g/mol. The normalized spacial score (nSPS) is 14.4. The van der Waals surface area contributed by atoms with E-state index < -0.39 is 0 Å². The van der Waals surface area contributed by atoms with Gasteiger partial charge < -0.3 is 15.0 Å². The molecule has 0 aliphatic carbocycles. The molecule has 0 radical (unpaired) electrons. The van der Waals surface area contributed by atoms with E-state index in [2.05, 4.69) is 27.3 Å². The van der Waals surface area contributed by atoms with Crippen molar-refractivity contribution in [3.63, 3.8) is 0 Å². The summed E-state index contributed by atoms with van der Waals surface area (Å²) in [5.74, 6) is 1.34. The van der Waals surface area contributed by atoms with Gasteiger partial charge in [0.2, 0.25) is 5.91 Å². The fraction of sp³-hybridized carbons (Fsp3) is 0.471. The summed E-state index contributed by atoms with van der Waals surface area (Å²) in [7, 11) is 0. The number of nitrogens with one attached hydrogen (secondary N) is 1. The van der Waals surface area contributed by atoms with Crippen molar-refractivity contribution in [2.75, 3.05) is 48.0 Å². The highest BCUT2D eigenvalue weighted by atomic mass is 32.2. The molecule has 1 aromatic carbocycles. The summed E-state index contributed by atoms with van der Waals surface area (Å²) < 4.78 is 7.17. The molecule has 0 saturated carbocycles. The van der Waals surface area contributed by atoms with Crippen molar-refractivity contribution in [1.82, 2.24) is 10.2 Å². The average molecular weight is 411 g/mol. The summed E-state index contributed by atoms with van der Waals surface area (Å²) in [6.07, 6.45) is 1.11. The van der Waals surface area contributed by atoms with Gasteiger partial charge in [-0.3, -0.25) is 4.79 Å². The Hall–Kier alpha value is -1.29. The number of ether oxygens (including phenoxy) is 1. The van der Waals surface area contributed by atoms with Gasteiger partial charge >= 0.3 is 0 Å². The molecule has 1 aliphatic rings. The van der Waals surface area contributed by atoms with Crippen LogP contribution in [-0.2, 0) is 9.53 Å². The highest BCUT2D eigenvalue weighted by molar-refractivity contribution is 8.03. The molecule has 26 heavy (non-hydrogen) atoms. The van der Waals surface area contributed by atoms with Crippen LogP contribution in [-0.4, -0.2) is 53.9 Å². The van der Waals surface area contributed by atoms with E-state index in [1.165, 1.54) is 11.8 Å². The molecule has 3 rings (SSSR count). The zero-order valence-electron chi connectivity index (χ0n) is 14.6. The number of thioether (sulfide) groups is 2. The van der Waals surface area contributed by atoms with Crippen LogP contribution in [0, 0.1) is 0 Å². The van der Waals surface area contributed by atoms with E-state index >= 15 is 0 Å². The maximum Gasteiger partial charge on any atom is 0.234 e. The Balaban J connectivity index is 1.44. The number of carbonyl (C=O) groups excluding carboxylic acids is 1. The number of aromatic nitrogens is 2. The summed E-state index contributed by atoms with van der Waals surface area (Å²) in [6.45, 7) is 5.48. The smallest absolute Gasteiger partial charge is 0.234 e. The number of anilines is 2. The molecule has 0 atom stereocenters. The van der Waals surface area contributed by atoms with Crippen LogP contribution in [0.2, 0.25) is 0 Å². The minimum atomic E-state index is -0.0351. The Labute approximate surface area is 166 Å². The maximum absolute atomic E-state index is 12.1. The lowest BCUT2D eigenvalue weighted by molar-refractivity contribution is -0.113. The molecule has 1 aromatic heterocycles. The Morgan fingerprint density at radius 2 is 1.88 bits per heavy atom. The van der Waals surface area contributed by atoms with E-state index in [1.807, 2.05) is 24.3 Å². The Morgan fingerprint density at radius 3 is 2.58 bits per heavy atom. The number of amides is 1. The van der Waals surface area contributed by atoms with Crippen LogP contribution in [0.15, 0.2) is 32.9 Å². The van der Waals surface area contributed by atoms with Crippen molar-refractivity contribution in [2.45, 2.75) is 22.0 Å². The van der Waals surface area contributed by atoms with Crippen LogP contribution in [0.4, 0.5) is 11.4 Å². The van der Waals surface area contributed by atoms with Crippen LogP contribution < -0.4 is 10.2 Å². The fourth-order valence-corrected chi connectivity index (χ4v) is 5.15. The largest absolute Gasteiger partial charge is 0.378 e. The first-order valence-electron chi connectivity index (χ1n) is 8.56. The van der Waals surface area contributed by atoms with Gasteiger partial charge in [0.1, 0.15) is 0 Å². The van der Waals surface area contributed by atoms with Crippen LogP contribution >= 0.6 is 34.9 Å². The van der Waals surface area contributed by atoms with Gasteiger partial charge in [-0.2, -0.15) is 0 Å². The van der Waals surface area contributed by atoms with Crippen LogP contribution in [0.5, 0.6) is 0 Å². The van der Waals surface area contributed by atoms with E-state index in [9.17, 15) is 4.79 Å². The summed E-state index contributed by atoms with van der Waals surface area (Å²) in [4.78, 5) is 14.4. The minimum Gasteiger partial charge on any atom is -0.378 e. The number of benzene rings is 1. The first-order chi connectivity index (χ1) is 12.7. The second kappa shape index (κ2) is 10.1. The molecule has 2 heterocycles. The number of hydrogen-bond donors (Lipinski definition) is 1. The molecule has 1 aliphatic heterocycles. The third kappa shape index (κ3) is 5.87. The summed E-state index contributed by atoms with van der Waals surface area (Å²) >= 11 is 4.68. The maximum atomic E-state index is 12.1. The SMILES string of the molecule is CCCSc1nnc(SCC(=O)Nc2ccc(N3CCOCC3)cc2)s1. The van der Waals surface area contributed by atoms with E-state index in [0.29, 0.717) is 5.75 Å². The topological polar surface area (TPSA) is 67.4 Å². The Morgan fingerprint density at radius 1 is 1.19 bits per heavy atom. The standard InChI is InChI=1S/C17H22N4O2S3/c1-2-11-24-16-19-20-17(26-16)25-12-15(22)18-13-3-5-14(6-4-13)21-7-9-23-10-8-21/h3-6H,2,7-12H2,1H3,(H,18,22). The molecule has 140 valence electrons. The number of hydrogen-bond acceptors (Lipinski definition) is 8. The molecule has 0 bridgehead atoms. The lowest BCUT2D eigenvalue weighted by Crippen LogP contribution is -2.36. The van der Waals surface area contributed by atoms with Crippen LogP contribution in [0.25, 0.3) is 0 Å². The van der Waals surface area contributed by atoms with Gasteiger partial charge in [0.05, 0.1) is 19.0 Å². The van der Waals surface area contributed by atoms with E-state index in [4.69, 9.17) is 4.74 Å². The quantitative estimate of drug-likeness (QED) is 0.667. The highest BCUT2D eigenvalue weighted by Gasteiger charge is 2.12. The van der Waals surface area contributed by atoms with Crippen molar-refractivity contribution >= 4 is 52.1 Å². The molecule has 0 spiro atoms.